The Morgan fingerprint density at radius 2 is 1.97 bits per heavy atom. The molecule has 4 rings (SSSR count). The third kappa shape index (κ3) is 7.36. The van der Waals surface area contributed by atoms with Gasteiger partial charge in [0.2, 0.25) is 8.32 Å². The summed E-state index contributed by atoms with van der Waals surface area (Å²) in [6.07, 6.45) is 4.72. The van der Waals surface area contributed by atoms with Crippen LogP contribution in [0.2, 0.25) is 18.1 Å². The summed E-state index contributed by atoms with van der Waals surface area (Å²) >= 11 is 0. The lowest BCUT2D eigenvalue weighted by Gasteiger charge is -2.36. The second-order valence-electron chi connectivity index (χ2n) is 12.0. The summed E-state index contributed by atoms with van der Waals surface area (Å²) in [6, 6.07) is 8.37. The van der Waals surface area contributed by atoms with E-state index in [0.29, 0.717) is 31.3 Å². The normalized spacial score (nSPS) is 18.2. The molecule has 1 aromatic carbocycles. The molecule has 3 heterocycles. The van der Waals surface area contributed by atoms with E-state index in [0.717, 1.165) is 48.2 Å². The lowest BCUT2D eigenvalue weighted by Crippen LogP contribution is -2.43. The number of fused-ring (bicyclic) bond motifs is 1. The van der Waals surface area contributed by atoms with E-state index in [1.807, 2.05) is 23.7 Å². The van der Waals surface area contributed by atoms with Crippen molar-refractivity contribution in [1.29, 1.82) is 0 Å². The van der Waals surface area contributed by atoms with E-state index in [1.165, 1.54) is 0 Å². The summed E-state index contributed by atoms with van der Waals surface area (Å²) in [6.45, 7) is 16.4. The third-order valence-corrected chi connectivity index (χ3v) is 11.9. The van der Waals surface area contributed by atoms with Crippen LogP contribution in [-0.4, -0.2) is 65.2 Å². The van der Waals surface area contributed by atoms with E-state index in [1.54, 1.807) is 13.1 Å². The van der Waals surface area contributed by atoms with Crippen molar-refractivity contribution < 1.29 is 23.7 Å². The molecule has 0 saturated carbocycles. The van der Waals surface area contributed by atoms with Crippen LogP contribution in [-0.2, 0) is 9.47 Å². The Bertz CT molecular complexity index is 1230. The van der Waals surface area contributed by atoms with Gasteiger partial charge in [-0.1, -0.05) is 20.8 Å². The van der Waals surface area contributed by atoms with Gasteiger partial charge in [-0.25, -0.2) is 9.67 Å². The van der Waals surface area contributed by atoms with Crippen LogP contribution in [0.15, 0.2) is 30.5 Å². The first-order chi connectivity index (χ1) is 18.4. The number of hydrogen-bond donors (Lipinski definition) is 1. The maximum Gasteiger partial charge on any atom is 0.317 e. The van der Waals surface area contributed by atoms with Crippen molar-refractivity contribution in [2.24, 2.45) is 0 Å². The molecule has 1 saturated heterocycles. The average Bonchev–Trinajstić information content (AvgIpc) is 3.25. The molecule has 0 spiro atoms. The molecule has 0 radical (unpaired) electrons. The molecule has 1 unspecified atom stereocenters. The fourth-order valence-corrected chi connectivity index (χ4v) is 5.25. The first-order valence-corrected chi connectivity index (χ1v) is 16.9. The zero-order chi connectivity index (χ0) is 28.2. The fourth-order valence-electron chi connectivity index (χ4n) is 4.23. The van der Waals surface area contributed by atoms with Crippen molar-refractivity contribution in [2.75, 3.05) is 19.8 Å². The SMILES string of the molecule is C[C@H](CCOC[C@@H](C)O)Oc1nccc(-c2nn(C3CCCCO3)c3ccc(O[Si](C)(C)C(C)(C)C)cc23)n1. The molecule has 1 aliphatic heterocycles. The summed E-state index contributed by atoms with van der Waals surface area (Å²) in [5.41, 5.74) is 2.42. The highest BCUT2D eigenvalue weighted by atomic mass is 28.4. The molecule has 39 heavy (non-hydrogen) atoms. The number of benzene rings is 1. The van der Waals surface area contributed by atoms with Gasteiger partial charge in [-0.3, -0.25) is 0 Å². The minimum absolute atomic E-state index is 0.0852. The van der Waals surface area contributed by atoms with Crippen molar-refractivity contribution in [3.8, 4) is 23.1 Å². The van der Waals surface area contributed by atoms with E-state index in [2.05, 4.69) is 51.0 Å². The van der Waals surface area contributed by atoms with Gasteiger partial charge < -0.3 is 23.7 Å². The number of aromatic nitrogens is 4. The highest BCUT2D eigenvalue weighted by Gasteiger charge is 2.39. The molecule has 3 atom stereocenters. The van der Waals surface area contributed by atoms with E-state index >= 15 is 0 Å². The van der Waals surface area contributed by atoms with Crippen molar-refractivity contribution in [2.45, 2.75) is 96.9 Å². The maximum atomic E-state index is 9.36. The van der Waals surface area contributed by atoms with E-state index in [9.17, 15) is 5.11 Å². The number of ether oxygens (including phenoxy) is 3. The standard InChI is InChI=1S/C29H44N4O5Si/c1-20(34)19-35-17-14-21(2)37-28-30-15-13-24(31-28)27-23-18-22(38-39(6,7)29(3,4)5)11-12-25(23)33(32-27)26-10-8-9-16-36-26/h11-13,15,18,20-21,26,34H,8-10,14,16-17,19H2,1-7H3/t20-,21-,26?/m1/s1. The number of aliphatic hydroxyl groups is 1. The molecular formula is C29H44N4O5Si. The summed E-state index contributed by atoms with van der Waals surface area (Å²) < 4.78 is 26.2. The van der Waals surface area contributed by atoms with Crippen LogP contribution in [0.5, 0.6) is 11.8 Å². The molecule has 1 fully saturated rings. The molecule has 1 N–H and O–H groups in total. The second kappa shape index (κ2) is 12.3. The highest BCUT2D eigenvalue weighted by Crippen LogP contribution is 2.39. The van der Waals surface area contributed by atoms with Crippen LogP contribution < -0.4 is 9.16 Å². The van der Waals surface area contributed by atoms with Gasteiger partial charge in [-0.05, 0) is 75.5 Å². The average molecular weight is 557 g/mol. The third-order valence-electron chi connectivity index (χ3n) is 7.50. The maximum absolute atomic E-state index is 9.36. The van der Waals surface area contributed by atoms with Gasteiger partial charge >= 0.3 is 6.01 Å². The van der Waals surface area contributed by atoms with E-state index in [4.69, 9.17) is 28.7 Å². The Kier molecular flexibility index (Phi) is 9.31. The predicted molar refractivity (Wildman–Crippen MR) is 155 cm³/mol. The molecule has 3 aromatic rings. The van der Waals surface area contributed by atoms with Gasteiger partial charge in [-0.2, -0.15) is 10.1 Å². The van der Waals surface area contributed by atoms with Gasteiger partial charge in [0.1, 0.15) is 17.5 Å². The van der Waals surface area contributed by atoms with Gasteiger partial charge in [0, 0.05) is 24.6 Å². The summed E-state index contributed by atoms with van der Waals surface area (Å²) in [7, 11) is -2.02. The van der Waals surface area contributed by atoms with Gasteiger partial charge in [0.25, 0.3) is 0 Å². The van der Waals surface area contributed by atoms with Gasteiger partial charge in [0.05, 0.1) is 30.5 Å². The second-order valence-corrected chi connectivity index (χ2v) is 16.7. The number of aliphatic hydroxyl groups excluding tert-OH is 1. The van der Waals surface area contributed by atoms with Crippen LogP contribution >= 0.6 is 0 Å². The highest BCUT2D eigenvalue weighted by molar-refractivity contribution is 6.74. The number of nitrogens with zero attached hydrogens (tertiary/aromatic N) is 4. The van der Waals surface area contributed by atoms with Gasteiger partial charge in [0.15, 0.2) is 6.23 Å². The molecule has 0 bridgehead atoms. The minimum Gasteiger partial charge on any atom is -0.543 e. The molecule has 214 valence electrons. The molecular weight excluding hydrogens is 512 g/mol. The lowest BCUT2D eigenvalue weighted by atomic mass is 10.1. The van der Waals surface area contributed by atoms with Crippen molar-refractivity contribution in [3.05, 3.63) is 30.5 Å². The Balaban J connectivity index is 1.64. The Morgan fingerprint density at radius 1 is 1.18 bits per heavy atom. The first-order valence-electron chi connectivity index (χ1n) is 14.0. The van der Waals surface area contributed by atoms with E-state index in [-0.39, 0.29) is 17.4 Å². The predicted octanol–water partition coefficient (Wildman–Crippen LogP) is 6.13. The van der Waals surface area contributed by atoms with Crippen LogP contribution in [0.4, 0.5) is 0 Å². The number of hydrogen-bond acceptors (Lipinski definition) is 8. The largest absolute Gasteiger partial charge is 0.543 e. The van der Waals surface area contributed by atoms with Crippen molar-refractivity contribution in [1.82, 2.24) is 19.7 Å². The Morgan fingerprint density at radius 3 is 2.67 bits per heavy atom. The van der Waals surface area contributed by atoms with Crippen molar-refractivity contribution in [3.63, 3.8) is 0 Å². The molecule has 0 aliphatic carbocycles. The quantitative estimate of drug-likeness (QED) is 0.222. The summed E-state index contributed by atoms with van der Waals surface area (Å²) in [5.74, 6) is 0.843. The molecule has 2 aromatic heterocycles. The van der Waals surface area contributed by atoms with Crippen LogP contribution in [0.3, 0.4) is 0 Å². The Labute approximate surface area is 233 Å². The topological polar surface area (TPSA) is 101 Å². The van der Waals surface area contributed by atoms with Crippen LogP contribution in [0.1, 0.15) is 66.5 Å². The number of rotatable bonds is 11. The van der Waals surface area contributed by atoms with Crippen LogP contribution in [0.25, 0.3) is 22.3 Å². The van der Waals surface area contributed by atoms with Crippen LogP contribution in [0, 0.1) is 0 Å². The summed E-state index contributed by atoms with van der Waals surface area (Å²) in [5, 5.41) is 15.4. The molecule has 1 aliphatic rings. The molecule has 9 nitrogen and oxygen atoms in total. The molecule has 0 amide bonds. The lowest BCUT2D eigenvalue weighted by molar-refractivity contribution is -0.0365. The molecule has 10 heteroatoms. The van der Waals surface area contributed by atoms with Crippen molar-refractivity contribution >= 4 is 19.2 Å². The zero-order valence-electron chi connectivity index (χ0n) is 24.4. The monoisotopic (exact) mass is 556 g/mol. The zero-order valence-corrected chi connectivity index (χ0v) is 25.4. The smallest absolute Gasteiger partial charge is 0.317 e. The first kappa shape index (κ1) is 29.4. The Hall–Kier alpha value is -2.53. The van der Waals surface area contributed by atoms with E-state index < -0.39 is 14.4 Å². The fraction of sp³-hybridized carbons (Fsp3) is 0.621. The summed E-state index contributed by atoms with van der Waals surface area (Å²) in [4.78, 5) is 9.07. The minimum atomic E-state index is -2.02. The van der Waals surface area contributed by atoms with Gasteiger partial charge in [-0.15, -0.1) is 0 Å².